The second-order valence-corrected chi connectivity index (χ2v) is 6.74. The van der Waals surface area contributed by atoms with Crippen LogP contribution in [-0.2, 0) is 32.2 Å². The summed E-state index contributed by atoms with van der Waals surface area (Å²) in [5.41, 5.74) is 2.30. The Balaban J connectivity index is 1.41. The average Bonchev–Trinajstić information content (AvgIpc) is 2.95. The molecule has 0 saturated carbocycles. The molecule has 2 bridgehead atoms. The molecule has 2 heterocycles. The van der Waals surface area contributed by atoms with Gasteiger partial charge in [0.05, 0.1) is 25.4 Å². The lowest BCUT2D eigenvalue weighted by molar-refractivity contribution is -0.155. The molecule has 5 nitrogen and oxygen atoms in total. The summed E-state index contributed by atoms with van der Waals surface area (Å²) in [6, 6.07) is 20.4. The molecule has 2 aromatic rings. The van der Waals surface area contributed by atoms with Crippen molar-refractivity contribution in [3.63, 3.8) is 0 Å². The van der Waals surface area contributed by atoms with Crippen molar-refractivity contribution < 1.29 is 18.9 Å². The molecular weight excluding hydrogens is 330 g/mol. The van der Waals surface area contributed by atoms with Gasteiger partial charge in [0.2, 0.25) is 0 Å². The summed E-state index contributed by atoms with van der Waals surface area (Å²) in [6.45, 7) is 1.83. The third kappa shape index (κ3) is 3.82. The van der Waals surface area contributed by atoms with Crippen LogP contribution in [0.2, 0.25) is 0 Å². The average molecular weight is 355 g/mol. The second-order valence-electron chi connectivity index (χ2n) is 6.74. The first-order chi connectivity index (χ1) is 12.8. The van der Waals surface area contributed by atoms with Gasteiger partial charge in [0, 0.05) is 13.7 Å². The van der Waals surface area contributed by atoms with E-state index in [4.69, 9.17) is 18.9 Å². The Kier molecular flexibility index (Phi) is 5.62. The lowest BCUT2D eigenvalue weighted by Gasteiger charge is -2.35. The van der Waals surface area contributed by atoms with Crippen molar-refractivity contribution >= 4 is 0 Å². The minimum absolute atomic E-state index is 0.0188. The van der Waals surface area contributed by atoms with E-state index in [2.05, 4.69) is 29.6 Å². The predicted molar refractivity (Wildman–Crippen MR) is 97.5 cm³/mol. The summed E-state index contributed by atoms with van der Waals surface area (Å²) in [4.78, 5) is 0. The number of nitrogens with one attached hydrogen (secondary N) is 1. The molecular formula is C21H25NO4. The summed E-state index contributed by atoms with van der Waals surface area (Å²) in [6.07, 6.45) is -0.633. The van der Waals surface area contributed by atoms with E-state index in [0.29, 0.717) is 13.2 Å². The van der Waals surface area contributed by atoms with Crippen LogP contribution in [0.25, 0.3) is 0 Å². The molecule has 2 saturated heterocycles. The fourth-order valence-electron chi connectivity index (χ4n) is 3.65. The van der Waals surface area contributed by atoms with E-state index in [1.807, 2.05) is 36.4 Å². The van der Waals surface area contributed by atoms with Gasteiger partial charge in [-0.25, -0.2) is 0 Å². The Morgan fingerprint density at radius 2 is 1.54 bits per heavy atom. The molecule has 26 heavy (non-hydrogen) atoms. The van der Waals surface area contributed by atoms with Crippen molar-refractivity contribution in [3.8, 4) is 0 Å². The third-order valence-electron chi connectivity index (χ3n) is 5.01. The van der Waals surface area contributed by atoms with Crippen LogP contribution < -0.4 is 5.32 Å². The van der Waals surface area contributed by atoms with Gasteiger partial charge < -0.3 is 24.3 Å². The molecule has 2 aromatic carbocycles. The van der Waals surface area contributed by atoms with E-state index in [1.54, 1.807) is 7.11 Å². The van der Waals surface area contributed by atoms with Crippen LogP contribution in [-0.4, -0.2) is 44.3 Å². The largest absolute Gasteiger partial charge is 0.369 e. The summed E-state index contributed by atoms with van der Waals surface area (Å²) >= 11 is 0. The standard InChI is InChI=1S/C21H25NO4/c1-23-21-18-20(25-14-16-10-6-3-7-11-16)19(26-21)17(12-22-18)24-13-15-8-4-2-5-9-15/h2-11,17-22H,12-14H2,1H3/t17-,18+,19-,20-,21-/m1/s1. The Hall–Kier alpha value is -1.76. The molecule has 5 atom stereocenters. The fourth-order valence-corrected chi connectivity index (χ4v) is 3.65. The van der Waals surface area contributed by atoms with Gasteiger partial charge in [-0.2, -0.15) is 0 Å². The van der Waals surface area contributed by atoms with Gasteiger partial charge in [-0.15, -0.1) is 0 Å². The Bertz CT molecular complexity index is 681. The number of hydrogen-bond acceptors (Lipinski definition) is 5. The highest BCUT2D eigenvalue weighted by molar-refractivity contribution is 5.15. The zero-order valence-corrected chi connectivity index (χ0v) is 14.9. The maximum Gasteiger partial charge on any atom is 0.175 e. The summed E-state index contributed by atoms with van der Waals surface area (Å²) in [7, 11) is 1.67. The van der Waals surface area contributed by atoms with E-state index in [9.17, 15) is 0 Å². The molecule has 2 aliphatic heterocycles. The quantitative estimate of drug-likeness (QED) is 0.827. The Morgan fingerprint density at radius 3 is 2.15 bits per heavy atom. The van der Waals surface area contributed by atoms with E-state index < -0.39 is 0 Å². The molecule has 0 amide bonds. The van der Waals surface area contributed by atoms with E-state index >= 15 is 0 Å². The van der Waals surface area contributed by atoms with Gasteiger partial charge in [-0.05, 0) is 11.1 Å². The number of piperidine rings is 1. The highest BCUT2D eigenvalue weighted by Crippen LogP contribution is 2.32. The minimum atomic E-state index is -0.314. The first-order valence-electron chi connectivity index (χ1n) is 9.08. The number of methoxy groups -OCH3 is 1. The fraction of sp³-hybridized carbons (Fsp3) is 0.429. The molecule has 0 aliphatic carbocycles. The number of fused-ring (bicyclic) bond motifs is 2. The molecule has 0 radical (unpaired) electrons. The predicted octanol–water partition coefficient (Wildman–Crippen LogP) is 2.50. The summed E-state index contributed by atoms with van der Waals surface area (Å²) < 4.78 is 24.0. The summed E-state index contributed by atoms with van der Waals surface area (Å²) in [5.74, 6) is 0. The van der Waals surface area contributed by atoms with E-state index in [1.165, 1.54) is 0 Å². The van der Waals surface area contributed by atoms with Gasteiger partial charge in [-0.3, -0.25) is 0 Å². The minimum Gasteiger partial charge on any atom is -0.369 e. The van der Waals surface area contributed by atoms with Crippen LogP contribution in [0.4, 0.5) is 0 Å². The van der Waals surface area contributed by atoms with E-state index in [0.717, 1.165) is 17.7 Å². The van der Waals surface area contributed by atoms with Crippen molar-refractivity contribution in [1.29, 1.82) is 0 Å². The number of benzene rings is 2. The molecule has 1 N–H and O–H groups in total. The zero-order chi connectivity index (χ0) is 17.8. The van der Waals surface area contributed by atoms with Crippen LogP contribution in [0.15, 0.2) is 60.7 Å². The maximum atomic E-state index is 6.22. The molecule has 2 aliphatic rings. The Morgan fingerprint density at radius 1 is 0.923 bits per heavy atom. The van der Waals surface area contributed by atoms with Gasteiger partial charge >= 0.3 is 0 Å². The van der Waals surface area contributed by atoms with Crippen LogP contribution in [0.1, 0.15) is 11.1 Å². The highest BCUT2D eigenvalue weighted by Gasteiger charge is 2.52. The molecule has 138 valence electrons. The second kappa shape index (κ2) is 8.29. The molecule has 4 rings (SSSR count). The van der Waals surface area contributed by atoms with Crippen molar-refractivity contribution in [2.75, 3.05) is 13.7 Å². The van der Waals surface area contributed by atoms with Crippen molar-refractivity contribution in [2.24, 2.45) is 0 Å². The smallest absolute Gasteiger partial charge is 0.175 e. The normalized spacial score (nSPS) is 30.4. The first kappa shape index (κ1) is 17.6. The SMILES string of the molecule is CO[C@@H]1O[C@H]2[C@H](OCc3ccccc3)[C@@H]1NC[C@H]2OCc1ccccc1. The lowest BCUT2D eigenvalue weighted by atomic mass is 9.98. The highest BCUT2D eigenvalue weighted by atomic mass is 16.7. The van der Waals surface area contributed by atoms with Gasteiger partial charge in [0.25, 0.3) is 0 Å². The van der Waals surface area contributed by atoms with Crippen molar-refractivity contribution in [2.45, 2.75) is 43.9 Å². The van der Waals surface area contributed by atoms with Gasteiger partial charge in [0.15, 0.2) is 6.29 Å². The number of rotatable bonds is 7. The molecule has 0 spiro atoms. The number of hydrogen-bond donors (Lipinski definition) is 1. The van der Waals surface area contributed by atoms with E-state index in [-0.39, 0.29) is 30.6 Å². The molecule has 2 fully saturated rings. The van der Waals surface area contributed by atoms with Crippen LogP contribution >= 0.6 is 0 Å². The van der Waals surface area contributed by atoms with Gasteiger partial charge in [-0.1, -0.05) is 60.7 Å². The monoisotopic (exact) mass is 355 g/mol. The van der Waals surface area contributed by atoms with Gasteiger partial charge in [0.1, 0.15) is 12.2 Å². The topological polar surface area (TPSA) is 49.0 Å². The Labute approximate surface area is 154 Å². The number of ether oxygens (including phenoxy) is 4. The van der Waals surface area contributed by atoms with Crippen LogP contribution in [0.5, 0.6) is 0 Å². The lowest BCUT2D eigenvalue weighted by Crippen LogP contribution is -2.57. The third-order valence-corrected chi connectivity index (χ3v) is 5.01. The molecule has 0 unspecified atom stereocenters. The zero-order valence-electron chi connectivity index (χ0n) is 14.9. The van der Waals surface area contributed by atoms with Crippen LogP contribution in [0, 0.1) is 0 Å². The molecule has 5 heteroatoms. The maximum absolute atomic E-state index is 6.22. The molecule has 0 aromatic heterocycles. The van der Waals surface area contributed by atoms with Crippen LogP contribution in [0.3, 0.4) is 0 Å². The van der Waals surface area contributed by atoms with Crippen molar-refractivity contribution in [1.82, 2.24) is 5.32 Å². The van der Waals surface area contributed by atoms with Crippen molar-refractivity contribution in [3.05, 3.63) is 71.8 Å². The summed E-state index contributed by atoms with van der Waals surface area (Å²) in [5, 5.41) is 3.48. The first-order valence-corrected chi connectivity index (χ1v) is 9.08.